The predicted octanol–water partition coefficient (Wildman–Crippen LogP) is 3.17. The van der Waals surface area contributed by atoms with E-state index in [1.54, 1.807) is 0 Å². The molecule has 0 spiro atoms. The predicted molar refractivity (Wildman–Crippen MR) is 51.6 cm³/mol. The quantitative estimate of drug-likeness (QED) is 0.733. The molecular formula is C10H6ClF3O3. The van der Waals surface area contributed by atoms with E-state index < -0.39 is 29.6 Å². The topological polar surface area (TPSA) is 35.5 Å². The van der Waals surface area contributed by atoms with Crippen molar-refractivity contribution in [1.29, 1.82) is 0 Å². The summed E-state index contributed by atoms with van der Waals surface area (Å²) in [6.07, 6.45) is -5.83. The number of alkyl halides is 3. The Hall–Kier alpha value is -1.27. The molecule has 7 heteroatoms. The molecule has 0 saturated heterocycles. The number of benzene rings is 1. The maximum atomic E-state index is 12.7. The van der Waals surface area contributed by atoms with E-state index in [9.17, 15) is 18.0 Å². The number of halogens is 4. The monoisotopic (exact) mass is 266 g/mol. The first kappa shape index (κ1) is 12.2. The van der Waals surface area contributed by atoms with Crippen LogP contribution in [0, 0.1) is 0 Å². The summed E-state index contributed by atoms with van der Waals surface area (Å²) in [6, 6.07) is 1.82. The highest BCUT2D eigenvalue weighted by atomic mass is 35.5. The summed E-state index contributed by atoms with van der Waals surface area (Å²) in [6.45, 7) is 0. The third-order valence-electron chi connectivity index (χ3n) is 2.37. The molecule has 92 valence electrons. The Morgan fingerprint density at radius 2 is 2.06 bits per heavy atom. The molecule has 0 aliphatic carbocycles. The summed E-state index contributed by atoms with van der Waals surface area (Å²) in [7, 11) is 1.21. The molecule has 1 aliphatic heterocycles. The van der Waals surface area contributed by atoms with Crippen molar-refractivity contribution in [3.8, 4) is 0 Å². The maximum absolute atomic E-state index is 12.7. The van der Waals surface area contributed by atoms with Crippen LogP contribution in [0.2, 0.25) is 5.02 Å². The van der Waals surface area contributed by atoms with Crippen LogP contribution in [0.1, 0.15) is 27.8 Å². The minimum Gasteiger partial charge on any atom is -0.428 e. The molecule has 1 aliphatic rings. The van der Waals surface area contributed by atoms with Crippen LogP contribution in [0.15, 0.2) is 12.1 Å². The number of cyclic esters (lactones) is 1. The van der Waals surface area contributed by atoms with Gasteiger partial charge in [-0.3, -0.25) is 0 Å². The van der Waals surface area contributed by atoms with Gasteiger partial charge in [-0.05, 0) is 12.1 Å². The number of esters is 1. The number of hydrogen-bond acceptors (Lipinski definition) is 3. The van der Waals surface area contributed by atoms with Crippen LogP contribution in [-0.2, 0) is 15.7 Å². The molecule has 1 aromatic rings. The minimum atomic E-state index is -4.64. The third-order valence-corrected chi connectivity index (χ3v) is 2.70. The van der Waals surface area contributed by atoms with Gasteiger partial charge in [0.15, 0.2) is 0 Å². The summed E-state index contributed by atoms with van der Waals surface area (Å²) < 4.78 is 47.5. The second-order valence-electron chi connectivity index (χ2n) is 3.35. The van der Waals surface area contributed by atoms with Gasteiger partial charge in [0, 0.05) is 7.11 Å². The zero-order chi connectivity index (χ0) is 12.8. The molecule has 0 amide bonds. The van der Waals surface area contributed by atoms with Gasteiger partial charge < -0.3 is 9.47 Å². The highest BCUT2D eigenvalue weighted by molar-refractivity contribution is 6.32. The summed E-state index contributed by atoms with van der Waals surface area (Å²) in [4.78, 5) is 11.4. The van der Waals surface area contributed by atoms with Crippen LogP contribution in [0.25, 0.3) is 0 Å². The largest absolute Gasteiger partial charge is 0.428 e. The number of hydrogen-bond donors (Lipinski definition) is 0. The number of carbonyl (C=O) groups is 1. The third kappa shape index (κ3) is 1.87. The SMILES string of the molecule is COC1OC(=O)c2c(C(F)(F)F)ccc(Cl)c21. The van der Waals surface area contributed by atoms with Crippen LogP contribution in [0.5, 0.6) is 0 Å². The number of methoxy groups -OCH3 is 1. The van der Waals surface area contributed by atoms with E-state index in [1.807, 2.05) is 0 Å². The molecule has 1 atom stereocenters. The molecule has 3 nitrogen and oxygen atoms in total. The fourth-order valence-electron chi connectivity index (χ4n) is 1.66. The second kappa shape index (κ2) is 3.89. The van der Waals surface area contributed by atoms with Crippen LogP contribution in [-0.4, -0.2) is 13.1 Å². The zero-order valence-electron chi connectivity index (χ0n) is 8.47. The molecule has 0 saturated carbocycles. The Balaban J connectivity index is 2.70. The van der Waals surface area contributed by atoms with Gasteiger partial charge >= 0.3 is 12.1 Å². The van der Waals surface area contributed by atoms with Crippen LogP contribution >= 0.6 is 11.6 Å². The van der Waals surface area contributed by atoms with Crippen molar-refractivity contribution in [3.05, 3.63) is 33.8 Å². The van der Waals surface area contributed by atoms with E-state index in [-0.39, 0.29) is 10.6 Å². The van der Waals surface area contributed by atoms with E-state index >= 15 is 0 Å². The van der Waals surface area contributed by atoms with Crippen molar-refractivity contribution in [2.24, 2.45) is 0 Å². The summed E-state index contributed by atoms with van der Waals surface area (Å²) in [5.41, 5.74) is -1.72. The molecule has 0 fully saturated rings. The Kier molecular flexibility index (Phi) is 2.79. The second-order valence-corrected chi connectivity index (χ2v) is 3.76. The van der Waals surface area contributed by atoms with Crippen molar-refractivity contribution in [2.45, 2.75) is 12.5 Å². The number of rotatable bonds is 1. The lowest BCUT2D eigenvalue weighted by atomic mass is 10.0. The number of ether oxygens (including phenoxy) is 2. The highest BCUT2D eigenvalue weighted by Gasteiger charge is 2.43. The molecule has 0 aromatic heterocycles. The van der Waals surface area contributed by atoms with Gasteiger partial charge in [0.25, 0.3) is 0 Å². The van der Waals surface area contributed by atoms with Crippen molar-refractivity contribution in [3.63, 3.8) is 0 Å². The van der Waals surface area contributed by atoms with Crippen molar-refractivity contribution in [2.75, 3.05) is 7.11 Å². The molecule has 1 unspecified atom stereocenters. The molecule has 0 N–H and O–H groups in total. The highest BCUT2D eigenvalue weighted by Crippen LogP contribution is 2.43. The average molecular weight is 267 g/mol. The molecule has 1 heterocycles. The first-order valence-corrected chi connectivity index (χ1v) is 4.87. The lowest BCUT2D eigenvalue weighted by Gasteiger charge is -2.11. The van der Waals surface area contributed by atoms with Gasteiger partial charge in [-0.25, -0.2) is 4.79 Å². The summed E-state index contributed by atoms with van der Waals surface area (Å²) >= 11 is 5.75. The van der Waals surface area contributed by atoms with E-state index in [4.69, 9.17) is 16.3 Å². The molecule has 1 aromatic carbocycles. The normalized spacial score (nSPS) is 19.1. The minimum absolute atomic E-state index is 0.00528. The smallest absolute Gasteiger partial charge is 0.417 e. The van der Waals surface area contributed by atoms with Crippen LogP contribution in [0.3, 0.4) is 0 Å². The van der Waals surface area contributed by atoms with Gasteiger partial charge in [-0.2, -0.15) is 13.2 Å². The molecule has 2 rings (SSSR count). The molecule has 17 heavy (non-hydrogen) atoms. The first-order valence-electron chi connectivity index (χ1n) is 4.49. The summed E-state index contributed by atoms with van der Waals surface area (Å²) in [5, 5.41) is 0.00528. The standard InChI is InChI=1S/C10H6ClF3O3/c1-16-9-7-5(11)3-2-4(10(12,13)14)6(7)8(15)17-9/h2-3,9H,1H3. The Morgan fingerprint density at radius 1 is 1.41 bits per heavy atom. The lowest BCUT2D eigenvalue weighted by molar-refractivity contribution is -0.138. The maximum Gasteiger partial charge on any atom is 0.417 e. The number of fused-ring (bicyclic) bond motifs is 1. The van der Waals surface area contributed by atoms with E-state index in [0.717, 1.165) is 12.1 Å². The lowest BCUT2D eigenvalue weighted by Crippen LogP contribution is -2.12. The molecular weight excluding hydrogens is 261 g/mol. The molecule has 0 bridgehead atoms. The Morgan fingerprint density at radius 3 is 2.59 bits per heavy atom. The van der Waals surface area contributed by atoms with E-state index in [0.29, 0.717) is 0 Å². The van der Waals surface area contributed by atoms with Gasteiger partial charge in [-0.15, -0.1) is 0 Å². The average Bonchev–Trinajstić information content (AvgIpc) is 2.56. The van der Waals surface area contributed by atoms with Crippen LogP contribution < -0.4 is 0 Å². The van der Waals surface area contributed by atoms with E-state index in [2.05, 4.69) is 4.74 Å². The zero-order valence-corrected chi connectivity index (χ0v) is 9.22. The Labute approximate surface area is 99.1 Å². The van der Waals surface area contributed by atoms with E-state index in [1.165, 1.54) is 7.11 Å². The Bertz CT molecular complexity index is 484. The van der Waals surface area contributed by atoms with Gasteiger partial charge in [-0.1, -0.05) is 11.6 Å². The van der Waals surface area contributed by atoms with Gasteiger partial charge in [0.1, 0.15) is 0 Å². The van der Waals surface area contributed by atoms with Crippen molar-refractivity contribution < 1.29 is 27.4 Å². The fourth-order valence-corrected chi connectivity index (χ4v) is 1.91. The fraction of sp³-hybridized carbons (Fsp3) is 0.300. The van der Waals surface area contributed by atoms with Gasteiger partial charge in [0.05, 0.1) is 21.7 Å². The van der Waals surface area contributed by atoms with Gasteiger partial charge in [0.2, 0.25) is 6.29 Å². The first-order chi connectivity index (χ1) is 7.86. The van der Waals surface area contributed by atoms with Crippen molar-refractivity contribution in [1.82, 2.24) is 0 Å². The van der Waals surface area contributed by atoms with Crippen LogP contribution in [0.4, 0.5) is 13.2 Å². The number of carbonyl (C=O) groups excluding carboxylic acids is 1. The summed E-state index contributed by atoms with van der Waals surface area (Å²) in [5.74, 6) is -1.08. The molecule has 0 radical (unpaired) electrons. The van der Waals surface area contributed by atoms with Crippen molar-refractivity contribution >= 4 is 17.6 Å².